The molecular formula is C20H29N3O4. The largest absolute Gasteiger partial charge is 0.371 e. The minimum atomic E-state index is -0.390. The van der Waals surface area contributed by atoms with Crippen LogP contribution in [0.3, 0.4) is 0 Å². The number of aromatic amines is 1. The van der Waals surface area contributed by atoms with Crippen molar-refractivity contribution in [2.45, 2.75) is 45.6 Å². The Bertz CT molecular complexity index is 763. The molecule has 2 saturated heterocycles. The number of carbonyl (C=O) groups is 2. The van der Waals surface area contributed by atoms with Crippen molar-refractivity contribution in [3.8, 4) is 0 Å². The Hall–Kier alpha value is -2.15. The number of rotatable bonds is 3. The third kappa shape index (κ3) is 4.58. The summed E-state index contributed by atoms with van der Waals surface area (Å²) in [5.41, 5.74) is 0.431. The van der Waals surface area contributed by atoms with Crippen LogP contribution in [0.5, 0.6) is 0 Å². The van der Waals surface area contributed by atoms with E-state index in [1.807, 2.05) is 18.7 Å². The van der Waals surface area contributed by atoms with E-state index in [9.17, 15) is 14.4 Å². The second-order valence-electron chi connectivity index (χ2n) is 8.15. The molecule has 0 radical (unpaired) electrons. The van der Waals surface area contributed by atoms with Crippen molar-refractivity contribution in [1.29, 1.82) is 0 Å². The number of aromatic nitrogens is 1. The van der Waals surface area contributed by atoms with Crippen LogP contribution in [0.1, 0.15) is 49.2 Å². The zero-order valence-corrected chi connectivity index (χ0v) is 16.4. The fourth-order valence-electron chi connectivity index (χ4n) is 3.95. The highest BCUT2D eigenvalue weighted by Crippen LogP contribution is 2.31. The van der Waals surface area contributed by atoms with Gasteiger partial charge in [-0.2, -0.15) is 0 Å². The van der Waals surface area contributed by atoms with Crippen LogP contribution >= 0.6 is 0 Å². The van der Waals surface area contributed by atoms with Gasteiger partial charge in [0.05, 0.1) is 18.8 Å². The van der Waals surface area contributed by atoms with Crippen molar-refractivity contribution < 1.29 is 14.3 Å². The van der Waals surface area contributed by atoms with Crippen molar-refractivity contribution in [2.24, 2.45) is 5.92 Å². The fraction of sp³-hybridized carbons (Fsp3) is 0.650. The van der Waals surface area contributed by atoms with Crippen LogP contribution in [0.15, 0.2) is 16.9 Å². The summed E-state index contributed by atoms with van der Waals surface area (Å²) >= 11 is 0. The monoisotopic (exact) mass is 375 g/mol. The van der Waals surface area contributed by atoms with E-state index >= 15 is 0 Å². The van der Waals surface area contributed by atoms with Gasteiger partial charge in [0.15, 0.2) is 0 Å². The van der Waals surface area contributed by atoms with Gasteiger partial charge in [0.25, 0.3) is 5.91 Å². The molecule has 27 heavy (non-hydrogen) atoms. The Morgan fingerprint density at radius 3 is 2.52 bits per heavy atom. The molecule has 148 valence electrons. The molecule has 3 rings (SSSR count). The van der Waals surface area contributed by atoms with Crippen molar-refractivity contribution >= 4 is 11.8 Å². The van der Waals surface area contributed by atoms with Crippen LogP contribution in [0.4, 0.5) is 0 Å². The van der Waals surface area contributed by atoms with Gasteiger partial charge in [0, 0.05) is 43.4 Å². The van der Waals surface area contributed by atoms with Crippen LogP contribution in [0.2, 0.25) is 0 Å². The van der Waals surface area contributed by atoms with Gasteiger partial charge in [0.2, 0.25) is 11.5 Å². The Kier molecular flexibility index (Phi) is 5.69. The molecule has 7 heteroatoms. The number of pyridine rings is 1. The van der Waals surface area contributed by atoms with E-state index < -0.39 is 5.60 Å². The number of amides is 2. The van der Waals surface area contributed by atoms with Gasteiger partial charge in [-0.1, -0.05) is 13.8 Å². The first-order valence-corrected chi connectivity index (χ1v) is 9.70. The number of morpholine rings is 1. The molecule has 2 fully saturated rings. The highest BCUT2D eigenvalue weighted by atomic mass is 16.5. The fourth-order valence-corrected chi connectivity index (χ4v) is 3.95. The molecule has 0 aromatic carbocycles. The summed E-state index contributed by atoms with van der Waals surface area (Å²) in [4.78, 5) is 43.2. The Balaban J connectivity index is 1.65. The van der Waals surface area contributed by atoms with Gasteiger partial charge in [0.1, 0.15) is 0 Å². The highest BCUT2D eigenvalue weighted by molar-refractivity contribution is 5.94. The first kappa shape index (κ1) is 19.6. The number of H-pyrrole nitrogens is 1. The number of carbonyl (C=O) groups excluding carboxylic acids is 2. The molecule has 3 heterocycles. The van der Waals surface area contributed by atoms with Gasteiger partial charge in [-0.25, -0.2) is 0 Å². The maximum absolute atomic E-state index is 12.9. The van der Waals surface area contributed by atoms with E-state index in [2.05, 4.69) is 4.98 Å². The van der Waals surface area contributed by atoms with Gasteiger partial charge in [-0.05, 0) is 31.7 Å². The normalized spacial score (nSPS) is 19.6. The van der Waals surface area contributed by atoms with Crippen LogP contribution in [-0.4, -0.2) is 65.0 Å². The zero-order chi connectivity index (χ0) is 19.6. The van der Waals surface area contributed by atoms with Gasteiger partial charge < -0.3 is 19.5 Å². The number of ether oxygens (including phenoxy) is 1. The molecule has 1 aromatic heterocycles. The molecule has 0 bridgehead atoms. The maximum atomic E-state index is 12.9. The van der Waals surface area contributed by atoms with Crippen LogP contribution in [0, 0.1) is 12.8 Å². The van der Waals surface area contributed by atoms with Gasteiger partial charge in [-0.3, -0.25) is 14.4 Å². The van der Waals surface area contributed by atoms with E-state index in [-0.39, 0.29) is 17.4 Å². The average Bonchev–Trinajstić information content (AvgIpc) is 2.60. The molecule has 0 aliphatic carbocycles. The first-order chi connectivity index (χ1) is 12.8. The second kappa shape index (κ2) is 7.84. The van der Waals surface area contributed by atoms with Crippen molar-refractivity contribution in [3.63, 3.8) is 0 Å². The molecule has 0 saturated carbocycles. The quantitative estimate of drug-likeness (QED) is 0.869. The lowest BCUT2D eigenvalue weighted by molar-refractivity contribution is -0.147. The summed E-state index contributed by atoms with van der Waals surface area (Å²) in [6.45, 7) is 8.69. The van der Waals surface area contributed by atoms with Crippen LogP contribution in [0.25, 0.3) is 0 Å². The molecule has 0 atom stereocenters. The molecule has 2 aliphatic rings. The summed E-state index contributed by atoms with van der Waals surface area (Å²) in [5.74, 6) is 0.415. The lowest BCUT2D eigenvalue weighted by Gasteiger charge is -2.47. The van der Waals surface area contributed by atoms with E-state index in [1.165, 1.54) is 6.07 Å². The smallest absolute Gasteiger partial charge is 0.254 e. The SMILES string of the molecule is Cc1cc(C(=O)N2CCOC3(CCN(C(=O)CC(C)C)CC3)C2)cc(=O)[nH]1. The van der Waals surface area contributed by atoms with Gasteiger partial charge in [-0.15, -0.1) is 0 Å². The molecule has 2 amide bonds. The number of hydrogen-bond donors (Lipinski definition) is 1. The molecule has 1 aromatic rings. The maximum Gasteiger partial charge on any atom is 0.254 e. The minimum absolute atomic E-state index is 0.134. The number of piperidine rings is 1. The number of aryl methyl sites for hydroxylation is 1. The lowest BCUT2D eigenvalue weighted by atomic mass is 9.88. The molecule has 7 nitrogen and oxygen atoms in total. The third-order valence-corrected chi connectivity index (χ3v) is 5.37. The van der Waals surface area contributed by atoms with E-state index in [1.54, 1.807) is 17.9 Å². The summed E-state index contributed by atoms with van der Waals surface area (Å²) in [7, 11) is 0. The second-order valence-corrected chi connectivity index (χ2v) is 8.15. The van der Waals surface area contributed by atoms with E-state index in [4.69, 9.17) is 4.74 Å². The molecule has 0 unspecified atom stereocenters. The Morgan fingerprint density at radius 1 is 1.19 bits per heavy atom. The lowest BCUT2D eigenvalue weighted by Crippen LogP contribution is -2.58. The minimum Gasteiger partial charge on any atom is -0.371 e. The topological polar surface area (TPSA) is 82.7 Å². The number of nitrogens with zero attached hydrogens (tertiary/aromatic N) is 2. The predicted molar refractivity (Wildman–Crippen MR) is 102 cm³/mol. The summed E-state index contributed by atoms with van der Waals surface area (Å²) in [5, 5.41) is 0. The molecular weight excluding hydrogens is 346 g/mol. The summed E-state index contributed by atoms with van der Waals surface area (Å²) in [6, 6.07) is 3.06. The first-order valence-electron chi connectivity index (χ1n) is 9.70. The van der Waals surface area contributed by atoms with Crippen LogP contribution in [-0.2, 0) is 9.53 Å². The third-order valence-electron chi connectivity index (χ3n) is 5.37. The summed E-state index contributed by atoms with van der Waals surface area (Å²) < 4.78 is 6.08. The highest BCUT2D eigenvalue weighted by Gasteiger charge is 2.42. The van der Waals surface area contributed by atoms with Crippen molar-refractivity contribution in [3.05, 3.63) is 33.7 Å². The Labute approximate surface area is 159 Å². The number of nitrogens with one attached hydrogen (secondary N) is 1. The Morgan fingerprint density at radius 2 is 1.89 bits per heavy atom. The van der Waals surface area contributed by atoms with E-state index in [0.29, 0.717) is 56.4 Å². The number of hydrogen-bond acceptors (Lipinski definition) is 4. The molecule has 1 N–H and O–H groups in total. The molecule has 1 spiro atoms. The van der Waals surface area contributed by atoms with Crippen LogP contribution < -0.4 is 5.56 Å². The standard InChI is InChI=1S/C20H29N3O4/c1-14(2)10-18(25)22-6-4-20(5-7-22)13-23(8-9-27-20)19(26)16-11-15(3)21-17(24)12-16/h11-12,14H,4-10,13H2,1-3H3,(H,21,24). The zero-order valence-electron chi connectivity index (χ0n) is 16.4. The van der Waals surface area contributed by atoms with Crippen molar-refractivity contribution in [2.75, 3.05) is 32.8 Å². The van der Waals surface area contributed by atoms with Gasteiger partial charge >= 0.3 is 0 Å². The average molecular weight is 375 g/mol. The van der Waals surface area contributed by atoms with Crippen molar-refractivity contribution in [1.82, 2.24) is 14.8 Å². The molecule has 2 aliphatic heterocycles. The summed E-state index contributed by atoms with van der Waals surface area (Å²) in [6.07, 6.45) is 2.03. The number of likely N-dealkylation sites (tertiary alicyclic amines) is 1. The van der Waals surface area contributed by atoms with E-state index in [0.717, 1.165) is 12.8 Å². The predicted octanol–water partition coefficient (Wildman–Crippen LogP) is 1.56.